The van der Waals surface area contributed by atoms with Crippen LogP contribution in [0.1, 0.15) is 53.5 Å². The molecule has 0 radical (unpaired) electrons. The second-order valence-electron chi connectivity index (χ2n) is 9.41. The monoisotopic (exact) mass is 435 g/mol. The first-order valence-corrected chi connectivity index (χ1v) is 10.9. The molecule has 7 nitrogen and oxygen atoms in total. The first-order valence-electron chi connectivity index (χ1n) is 10.9. The zero-order valence-corrected chi connectivity index (χ0v) is 18.7. The van der Waals surface area contributed by atoms with E-state index in [1.165, 1.54) is 4.90 Å². The molecule has 0 unspecified atom stereocenters. The van der Waals surface area contributed by atoms with Crippen molar-refractivity contribution in [3.8, 4) is 0 Å². The number of carbonyl (C=O) groups excluding carboxylic acids is 3. The maximum Gasteiger partial charge on any atom is 0.407 e. The highest BCUT2D eigenvalue weighted by molar-refractivity contribution is 6.21. The van der Waals surface area contributed by atoms with Gasteiger partial charge in [0.05, 0.1) is 11.1 Å². The van der Waals surface area contributed by atoms with Crippen LogP contribution in [0, 0.1) is 0 Å². The maximum absolute atomic E-state index is 12.9. The normalized spacial score (nSPS) is 21.0. The van der Waals surface area contributed by atoms with Gasteiger partial charge < -0.3 is 10.1 Å². The Kier molecular flexibility index (Phi) is 6.02. The van der Waals surface area contributed by atoms with Gasteiger partial charge in [-0.3, -0.25) is 19.4 Å². The average Bonchev–Trinajstić information content (AvgIpc) is 3.21. The van der Waals surface area contributed by atoms with Crippen LogP contribution in [0.25, 0.3) is 0 Å². The van der Waals surface area contributed by atoms with Gasteiger partial charge in [0.25, 0.3) is 11.8 Å². The van der Waals surface area contributed by atoms with Crippen molar-refractivity contribution in [2.24, 2.45) is 0 Å². The summed E-state index contributed by atoms with van der Waals surface area (Å²) in [4.78, 5) is 41.6. The number of alkyl carbamates (subject to hydrolysis) is 1. The molecule has 1 saturated heterocycles. The minimum atomic E-state index is -0.577. The summed E-state index contributed by atoms with van der Waals surface area (Å²) in [6.45, 7) is 7.05. The lowest BCUT2D eigenvalue weighted by Crippen LogP contribution is -2.42. The van der Waals surface area contributed by atoms with Gasteiger partial charge in [0.2, 0.25) is 0 Å². The van der Waals surface area contributed by atoms with Crippen LogP contribution in [0.4, 0.5) is 4.79 Å². The molecule has 7 heteroatoms. The van der Waals surface area contributed by atoms with E-state index in [4.69, 9.17) is 4.74 Å². The van der Waals surface area contributed by atoms with Gasteiger partial charge in [0.1, 0.15) is 5.60 Å². The number of rotatable bonds is 5. The SMILES string of the molecule is CC(C)(C)OC(=O)N[C@H]1C[C@@H](CN2C(=O)c3ccccc3C2=O)N(Cc2ccccc2)C1. The Morgan fingerprint density at radius 3 is 2.19 bits per heavy atom. The predicted octanol–water partition coefficient (Wildman–Crippen LogP) is 3.45. The highest BCUT2D eigenvalue weighted by Crippen LogP contribution is 2.27. The number of carbonyl (C=O) groups is 3. The number of imide groups is 1. The van der Waals surface area contributed by atoms with E-state index in [9.17, 15) is 14.4 Å². The summed E-state index contributed by atoms with van der Waals surface area (Å²) >= 11 is 0. The van der Waals surface area contributed by atoms with E-state index in [1.54, 1.807) is 24.3 Å². The van der Waals surface area contributed by atoms with Gasteiger partial charge in [-0.25, -0.2) is 4.79 Å². The van der Waals surface area contributed by atoms with Crippen LogP contribution >= 0.6 is 0 Å². The second kappa shape index (κ2) is 8.74. The van der Waals surface area contributed by atoms with Crippen molar-refractivity contribution in [2.45, 2.75) is 51.4 Å². The molecule has 2 heterocycles. The molecular weight excluding hydrogens is 406 g/mol. The number of amides is 3. The molecule has 0 saturated carbocycles. The Morgan fingerprint density at radius 2 is 1.59 bits per heavy atom. The molecule has 2 aliphatic heterocycles. The molecule has 3 amide bonds. The van der Waals surface area contributed by atoms with Gasteiger partial charge >= 0.3 is 6.09 Å². The summed E-state index contributed by atoms with van der Waals surface area (Å²) < 4.78 is 5.41. The van der Waals surface area contributed by atoms with Crippen LogP contribution in [-0.4, -0.2) is 58.5 Å². The van der Waals surface area contributed by atoms with E-state index in [-0.39, 0.29) is 30.4 Å². The zero-order chi connectivity index (χ0) is 22.9. The zero-order valence-electron chi connectivity index (χ0n) is 18.7. The largest absolute Gasteiger partial charge is 0.444 e. The third-order valence-corrected chi connectivity index (χ3v) is 5.75. The molecule has 0 aliphatic carbocycles. The van der Waals surface area contributed by atoms with Crippen molar-refractivity contribution in [2.75, 3.05) is 13.1 Å². The first kappa shape index (κ1) is 22.0. The molecule has 0 bridgehead atoms. The minimum absolute atomic E-state index is 0.0719. The first-order chi connectivity index (χ1) is 15.2. The predicted molar refractivity (Wildman–Crippen MR) is 120 cm³/mol. The van der Waals surface area contributed by atoms with E-state index in [2.05, 4.69) is 10.2 Å². The van der Waals surface area contributed by atoms with Crippen LogP contribution in [-0.2, 0) is 11.3 Å². The van der Waals surface area contributed by atoms with Gasteiger partial charge in [-0.2, -0.15) is 0 Å². The molecule has 2 aliphatic rings. The van der Waals surface area contributed by atoms with Crippen LogP contribution in [0.5, 0.6) is 0 Å². The molecule has 2 atom stereocenters. The number of benzene rings is 2. The summed E-state index contributed by atoms with van der Waals surface area (Å²) in [5, 5.41) is 2.95. The van der Waals surface area contributed by atoms with Crippen molar-refractivity contribution >= 4 is 17.9 Å². The number of nitrogens with zero attached hydrogens (tertiary/aromatic N) is 2. The molecule has 1 fully saturated rings. The molecular formula is C25H29N3O4. The number of hydrogen-bond donors (Lipinski definition) is 1. The van der Waals surface area contributed by atoms with Crippen LogP contribution in [0.2, 0.25) is 0 Å². The highest BCUT2D eigenvalue weighted by Gasteiger charge is 2.41. The van der Waals surface area contributed by atoms with Crippen molar-refractivity contribution in [1.82, 2.24) is 15.1 Å². The second-order valence-corrected chi connectivity index (χ2v) is 9.41. The number of fused-ring (bicyclic) bond motifs is 1. The smallest absolute Gasteiger partial charge is 0.407 e. The van der Waals surface area contributed by atoms with E-state index >= 15 is 0 Å². The fourth-order valence-corrected chi connectivity index (χ4v) is 4.38. The molecule has 32 heavy (non-hydrogen) atoms. The van der Waals surface area contributed by atoms with Crippen LogP contribution in [0.3, 0.4) is 0 Å². The summed E-state index contributed by atoms with van der Waals surface area (Å²) in [5.74, 6) is -0.511. The third kappa shape index (κ3) is 4.83. The number of hydrogen-bond acceptors (Lipinski definition) is 5. The van der Waals surface area contributed by atoms with Crippen molar-refractivity contribution in [3.05, 3.63) is 71.3 Å². The molecule has 0 aromatic heterocycles. The fourth-order valence-electron chi connectivity index (χ4n) is 4.38. The van der Waals surface area contributed by atoms with Crippen molar-refractivity contribution < 1.29 is 19.1 Å². The van der Waals surface area contributed by atoms with Gasteiger partial charge in [-0.15, -0.1) is 0 Å². The Hall–Kier alpha value is -3.19. The minimum Gasteiger partial charge on any atom is -0.444 e. The summed E-state index contributed by atoms with van der Waals surface area (Å²) in [7, 11) is 0. The van der Waals surface area contributed by atoms with E-state index in [0.29, 0.717) is 30.6 Å². The quantitative estimate of drug-likeness (QED) is 0.728. The van der Waals surface area contributed by atoms with E-state index in [1.807, 2.05) is 51.1 Å². The molecule has 0 spiro atoms. The molecule has 2 aromatic carbocycles. The lowest BCUT2D eigenvalue weighted by molar-refractivity contribution is 0.0503. The lowest BCUT2D eigenvalue weighted by atomic mass is 10.1. The number of likely N-dealkylation sites (tertiary alicyclic amines) is 1. The van der Waals surface area contributed by atoms with Gasteiger partial charge in [-0.1, -0.05) is 42.5 Å². The summed E-state index contributed by atoms with van der Waals surface area (Å²) in [6, 6.07) is 16.8. The van der Waals surface area contributed by atoms with Crippen molar-refractivity contribution in [1.29, 1.82) is 0 Å². The summed E-state index contributed by atoms with van der Waals surface area (Å²) in [5.41, 5.74) is 1.46. The fraction of sp³-hybridized carbons (Fsp3) is 0.400. The Bertz CT molecular complexity index is 980. The lowest BCUT2D eigenvalue weighted by Gasteiger charge is -2.27. The van der Waals surface area contributed by atoms with Crippen molar-refractivity contribution in [3.63, 3.8) is 0 Å². The van der Waals surface area contributed by atoms with Gasteiger partial charge in [0.15, 0.2) is 0 Å². The number of nitrogens with one attached hydrogen (secondary N) is 1. The number of ether oxygens (including phenoxy) is 1. The Morgan fingerprint density at radius 1 is 1.00 bits per heavy atom. The van der Waals surface area contributed by atoms with Gasteiger partial charge in [-0.05, 0) is 44.9 Å². The topological polar surface area (TPSA) is 79.0 Å². The molecule has 2 aromatic rings. The van der Waals surface area contributed by atoms with Crippen LogP contribution in [0.15, 0.2) is 54.6 Å². The van der Waals surface area contributed by atoms with Gasteiger partial charge in [0, 0.05) is 31.7 Å². The molecule has 4 rings (SSSR count). The highest BCUT2D eigenvalue weighted by atomic mass is 16.6. The Labute approximate surface area is 188 Å². The maximum atomic E-state index is 12.9. The molecule has 1 N–H and O–H groups in total. The molecule has 168 valence electrons. The summed E-state index contributed by atoms with van der Waals surface area (Å²) in [6.07, 6.45) is 0.169. The van der Waals surface area contributed by atoms with Crippen LogP contribution < -0.4 is 5.32 Å². The average molecular weight is 436 g/mol. The standard InChI is InChI=1S/C25H29N3O4/c1-25(2,3)32-24(31)26-18-13-19(27(15-18)14-17-9-5-4-6-10-17)16-28-22(29)20-11-7-8-12-21(20)23(28)30/h4-12,18-19H,13-16H2,1-3H3,(H,26,31)/t18-,19-/m0/s1. The Balaban J connectivity index is 1.49. The van der Waals surface area contributed by atoms with E-state index in [0.717, 1.165) is 5.56 Å². The van der Waals surface area contributed by atoms with E-state index < -0.39 is 11.7 Å². The third-order valence-electron chi connectivity index (χ3n) is 5.75.